The lowest BCUT2D eigenvalue weighted by Gasteiger charge is -2.15. The number of hydrogen-bond acceptors (Lipinski definition) is 2. The Morgan fingerprint density at radius 3 is 2.42 bits per heavy atom. The molecule has 0 N–H and O–H groups in total. The van der Waals surface area contributed by atoms with Gasteiger partial charge in [-0.05, 0) is 43.0 Å². The van der Waals surface area contributed by atoms with Crippen LogP contribution in [0.15, 0.2) is 54.6 Å². The van der Waals surface area contributed by atoms with Crippen LogP contribution in [0.4, 0.5) is 0 Å². The Balaban J connectivity index is 1.50. The van der Waals surface area contributed by atoms with Crippen LogP contribution in [0.2, 0.25) is 0 Å². The number of carbonyl (C=O) groups excluding carboxylic acids is 1. The third-order valence-electron chi connectivity index (χ3n) is 4.86. The van der Waals surface area contributed by atoms with E-state index in [0.29, 0.717) is 12.1 Å². The molecule has 2 aromatic carbocycles. The van der Waals surface area contributed by atoms with Gasteiger partial charge in [-0.25, -0.2) is 0 Å². The van der Waals surface area contributed by atoms with Crippen molar-refractivity contribution in [3.8, 4) is 0 Å². The Morgan fingerprint density at radius 1 is 1.12 bits per heavy atom. The van der Waals surface area contributed by atoms with Gasteiger partial charge in [0.25, 0.3) is 5.91 Å². The highest BCUT2D eigenvalue weighted by molar-refractivity contribution is 5.93. The molecule has 3 nitrogen and oxygen atoms in total. The second-order valence-electron chi connectivity index (χ2n) is 6.91. The first kappa shape index (κ1) is 16.7. The summed E-state index contributed by atoms with van der Waals surface area (Å²) in [6.07, 6.45) is 2.19. The highest BCUT2D eigenvalue weighted by Crippen LogP contribution is 2.37. The molecule has 0 radical (unpaired) electrons. The number of benzene rings is 2. The summed E-state index contributed by atoms with van der Waals surface area (Å²) in [6.45, 7) is 3.48. The third kappa shape index (κ3) is 3.85. The largest absolute Gasteiger partial charge is 0.345 e. The van der Waals surface area contributed by atoms with Crippen LogP contribution < -0.4 is 0 Å². The van der Waals surface area contributed by atoms with Gasteiger partial charge < -0.3 is 4.90 Å². The van der Waals surface area contributed by atoms with Gasteiger partial charge in [0.2, 0.25) is 0 Å². The molecule has 1 amide bonds. The number of hydrogen-bond donors (Lipinski definition) is 0. The molecule has 3 heteroatoms. The minimum absolute atomic E-state index is 0.0599. The predicted octanol–water partition coefficient (Wildman–Crippen LogP) is 3.77. The van der Waals surface area contributed by atoms with E-state index in [1.165, 1.54) is 17.7 Å². The minimum atomic E-state index is 0.0599. The van der Waals surface area contributed by atoms with Crippen LogP contribution in [0, 0.1) is 0 Å². The molecule has 1 fully saturated rings. The number of carbonyl (C=O) groups is 1. The van der Waals surface area contributed by atoms with Gasteiger partial charge in [-0.2, -0.15) is 0 Å². The molecule has 1 aliphatic heterocycles. The van der Waals surface area contributed by atoms with Crippen molar-refractivity contribution in [2.75, 3.05) is 20.6 Å². The van der Waals surface area contributed by atoms with E-state index in [1.807, 2.05) is 12.1 Å². The van der Waals surface area contributed by atoms with E-state index in [2.05, 4.69) is 54.3 Å². The van der Waals surface area contributed by atoms with E-state index in [1.54, 1.807) is 19.0 Å². The van der Waals surface area contributed by atoms with Crippen molar-refractivity contribution in [2.45, 2.75) is 31.8 Å². The summed E-state index contributed by atoms with van der Waals surface area (Å²) >= 11 is 0. The van der Waals surface area contributed by atoms with E-state index in [9.17, 15) is 4.79 Å². The molecule has 0 aromatic heterocycles. The number of aryl methyl sites for hydroxylation is 1. The van der Waals surface area contributed by atoms with Crippen molar-refractivity contribution in [3.05, 3.63) is 71.3 Å². The van der Waals surface area contributed by atoms with E-state index in [0.717, 1.165) is 18.4 Å². The Labute approximate surface area is 144 Å². The fraction of sp³-hybridized carbons (Fsp3) is 0.381. The number of amides is 1. The molecule has 0 saturated carbocycles. The smallest absolute Gasteiger partial charge is 0.253 e. The maximum atomic E-state index is 11.9. The first-order valence-electron chi connectivity index (χ1n) is 8.67. The normalized spacial score (nSPS) is 20.5. The van der Waals surface area contributed by atoms with E-state index in [-0.39, 0.29) is 5.91 Å². The van der Waals surface area contributed by atoms with Gasteiger partial charge in [0, 0.05) is 38.3 Å². The second kappa shape index (κ2) is 7.18. The van der Waals surface area contributed by atoms with Crippen molar-refractivity contribution in [1.82, 2.24) is 9.80 Å². The first-order valence-corrected chi connectivity index (χ1v) is 8.67. The van der Waals surface area contributed by atoms with Gasteiger partial charge >= 0.3 is 0 Å². The molecule has 0 spiro atoms. The maximum Gasteiger partial charge on any atom is 0.253 e. The van der Waals surface area contributed by atoms with Crippen LogP contribution in [0.25, 0.3) is 0 Å². The van der Waals surface area contributed by atoms with Crippen LogP contribution in [0.5, 0.6) is 0 Å². The molecule has 1 aliphatic rings. The van der Waals surface area contributed by atoms with Crippen molar-refractivity contribution in [2.24, 2.45) is 0 Å². The fourth-order valence-electron chi connectivity index (χ4n) is 3.23. The van der Waals surface area contributed by atoms with Crippen molar-refractivity contribution in [1.29, 1.82) is 0 Å². The van der Waals surface area contributed by atoms with Crippen LogP contribution in [0.3, 0.4) is 0 Å². The lowest BCUT2D eigenvalue weighted by Crippen LogP contribution is -2.21. The van der Waals surface area contributed by atoms with Crippen molar-refractivity contribution >= 4 is 5.91 Å². The lowest BCUT2D eigenvalue weighted by molar-refractivity contribution is 0.0827. The van der Waals surface area contributed by atoms with Gasteiger partial charge in [-0.1, -0.05) is 42.5 Å². The van der Waals surface area contributed by atoms with Gasteiger partial charge in [-0.15, -0.1) is 0 Å². The molecule has 1 saturated heterocycles. The van der Waals surface area contributed by atoms with Crippen LogP contribution in [0.1, 0.15) is 40.9 Å². The molecule has 126 valence electrons. The second-order valence-corrected chi connectivity index (χ2v) is 6.91. The summed E-state index contributed by atoms with van der Waals surface area (Å²) in [4.78, 5) is 16.1. The quantitative estimate of drug-likeness (QED) is 0.756. The van der Waals surface area contributed by atoms with Crippen LogP contribution in [-0.4, -0.2) is 42.4 Å². The fourth-order valence-corrected chi connectivity index (χ4v) is 3.23. The summed E-state index contributed by atoms with van der Waals surface area (Å²) in [7, 11) is 3.57. The molecule has 3 rings (SSSR count). The zero-order valence-electron chi connectivity index (χ0n) is 14.8. The number of rotatable bonds is 6. The van der Waals surface area contributed by atoms with Gasteiger partial charge in [-0.3, -0.25) is 9.69 Å². The molecule has 3 atom stereocenters. The Hall–Kier alpha value is -2.13. The average molecular weight is 322 g/mol. The molecular formula is C21H26N2O. The molecule has 2 unspecified atom stereocenters. The predicted molar refractivity (Wildman–Crippen MR) is 98.1 cm³/mol. The van der Waals surface area contributed by atoms with Gasteiger partial charge in [0.05, 0.1) is 0 Å². The van der Waals surface area contributed by atoms with Crippen LogP contribution >= 0.6 is 0 Å². The molecule has 24 heavy (non-hydrogen) atoms. The highest BCUT2D eigenvalue weighted by Gasteiger charge is 2.38. The molecular weight excluding hydrogens is 296 g/mol. The van der Waals surface area contributed by atoms with Gasteiger partial charge in [0.1, 0.15) is 0 Å². The summed E-state index contributed by atoms with van der Waals surface area (Å²) < 4.78 is 0. The van der Waals surface area contributed by atoms with E-state index < -0.39 is 0 Å². The molecule has 1 heterocycles. The number of nitrogens with zero attached hydrogens (tertiary/aromatic N) is 2. The van der Waals surface area contributed by atoms with Crippen LogP contribution in [-0.2, 0) is 6.42 Å². The Kier molecular flexibility index (Phi) is 5.00. The molecule has 2 aromatic rings. The zero-order chi connectivity index (χ0) is 17.1. The summed E-state index contributed by atoms with van der Waals surface area (Å²) in [5.41, 5.74) is 3.48. The third-order valence-corrected chi connectivity index (χ3v) is 4.86. The molecule has 0 bridgehead atoms. The van der Waals surface area contributed by atoms with E-state index in [4.69, 9.17) is 0 Å². The summed E-state index contributed by atoms with van der Waals surface area (Å²) in [6, 6.07) is 20.0. The standard InChI is InChI=1S/C21H26N2O/c1-16(23-15-20(23)18-7-5-4-6-8-18)9-10-17-11-13-19(14-12-17)21(24)22(2)3/h4-8,11-14,16,20H,9-10,15H2,1-3H3/t16?,20-,23?/m1/s1. The topological polar surface area (TPSA) is 23.3 Å². The lowest BCUT2D eigenvalue weighted by atomic mass is 10.0. The maximum absolute atomic E-state index is 11.9. The first-order chi connectivity index (χ1) is 11.6. The van der Waals surface area contributed by atoms with Crippen molar-refractivity contribution < 1.29 is 4.79 Å². The highest BCUT2D eigenvalue weighted by atomic mass is 16.2. The minimum Gasteiger partial charge on any atom is -0.345 e. The van der Waals surface area contributed by atoms with Crippen molar-refractivity contribution in [3.63, 3.8) is 0 Å². The summed E-state index contributed by atoms with van der Waals surface area (Å²) in [5, 5.41) is 0. The molecule has 0 aliphatic carbocycles. The average Bonchev–Trinajstić information content (AvgIpc) is 3.41. The Morgan fingerprint density at radius 2 is 1.79 bits per heavy atom. The van der Waals surface area contributed by atoms with Gasteiger partial charge in [0.15, 0.2) is 0 Å². The van der Waals surface area contributed by atoms with E-state index >= 15 is 0 Å². The zero-order valence-corrected chi connectivity index (χ0v) is 14.8. The Bertz CT molecular complexity index is 679. The SMILES string of the molecule is CC(CCc1ccc(C(=O)N(C)C)cc1)N1C[C@@H]1c1ccccc1. The monoisotopic (exact) mass is 322 g/mol. The summed E-state index contributed by atoms with van der Waals surface area (Å²) in [5.74, 6) is 0.0599.